The number of aliphatic imine (C=N–C) groups is 1. The van der Waals surface area contributed by atoms with Gasteiger partial charge in [0.15, 0.2) is 16.7 Å². The first-order valence-corrected chi connectivity index (χ1v) is 11.7. The van der Waals surface area contributed by atoms with E-state index in [0.717, 1.165) is 33.1 Å². The fraction of sp³-hybridized carbons (Fsp3) is 0.154. The highest BCUT2D eigenvalue weighted by molar-refractivity contribution is 8.15. The number of phenolic OH excluding ortho intramolecular Hbond substituents is 2. The van der Waals surface area contributed by atoms with Gasteiger partial charge in [-0.25, -0.2) is 0 Å². The molecule has 1 aliphatic rings. The number of para-hydroxylation sites is 1. The van der Waals surface area contributed by atoms with Crippen LogP contribution in [0.5, 0.6) is 11.5 Å². The molecule has 0 aliphatic carbocycles. The van der Waals surface area contributed by atoms with Gasteiger partial charge in [-0.15, -0.1) is 0 Å². The van der Waals surface area contributed by atoms with Crippen molar-refractivity contribution in [3.05, 3.63) is 78.4 Å². The highest BCUT2D eigenvalue weighted by atomic mass is 32.2. The molecule has 1 atom stereocenters. The zero-order valence-electron chi connectivity index (χ0n) is 19.0. The van der Waals surface area contributed by atoms with Gasteiger partial charge in [-0.1, -0.05) is 66.4 Å². The summed E-state index contributed by atoms with van der Waals surface area (Å²) >= 11 is 1.15. The van der Waals surface area contributed by atoms with Gasteiger partial charge in [0.25, 0.3) is 5.91 Å². The normalized spacial score (nSPS) is 16.9. The Balaban J connectivity index is 1.53. The first kappa shape index (κ1) is 24.0. The maximum Gasteiger partial charge on any atom is 0.263 e. The van der Waals surface area contributed by atoms with E-state index in [1.54, 1.807) is 12.1 Å². The van der Waals surface area contributed by atoms with Crippen molar-refractivity contribution in [2.24, 2.45) is 10.1 Å². The molecule has 3 aromatic rings. The van der Waals surface area contributed by atoms with Crippen molar-refractivity contribution in [3.8, 4) is 11.5 Å². The minimum absolute atomic E-state index is 0.0673. The van der Waals surface area contributed by atoms with Crippen molar-refractivity contribution in [2.75, 3.05) is 11.9 Å². The second-order valence-electron chi connectivity index (χ2n) is 8.05. The van der Waals surface area contributed by atoms with Gasteiger partial charge in [-0.2, -0.15) is 10.1 Å². The number of hydrazone groups is 1. The lowest BCUT2D eigenvalue weighted by Gasteiger charge is -2.11. The van der Waals surface area contributed by atoms with Gasteiger partial charge in [0, 0.05) is 23.1 Å². The maximum atomic E-state index is 13.1. The van der Waals surface area contributed by atoms with Crippen LogP contribution in [0.4, 0.5) is 5.69 Å². The number of amides is 2. The van der Waals surface area contributed by atoms with E-state index in [9.17, 15) is 19.8 Å². The predicted octanol–water partition coefficient (Wildman–Crippen LogP) is 4.49. The molecule has 1 fully saturated rings. The summed E-state index contributed by atoms with van der Waals surface area (Å²) in [5, 5.41) is 29.5. The van der Waals surface area contributed by atoms with Gasteiger partial charge in [0.2, 0.25) is 5.91 Å². The second-order valence-corrected chi connectivity index (χ2v) is 9.22. The standard InChI is InChI=1S/C26H24N4O4S/c1-16(2)14-27-26-30(28-15-18-9-6-12-21(31)24(18)33)25(34)22(35-26)13-23(32)29-20-11-5-8-17-7-3-4-10-19(17)20/h3-12,15,22,31,33H,1,13-14H2,2H3,(H,29,32). The minimum Gasteiger partial charge on any atom is -0.504 e. The number of hydrogen-bond acceptors (Lipinski definition) is 7. The molecular formula is C26H24N4O4S. The summed E-state index contributed by atoms with van der Waals surface area (Å²) in [5.41, 5.74) is 1.71. The summed E-state index contributed by atoms with van der Waals surface area (Å²) in [5.74, 6) is -1.35. The predicted molar refractivity (Wildman–Crippen MR) is 140 cm³/mol. The lowest BCUT2D eigenvalue weighted by molar-refractivity contribution is -0.128. The molecule has 35 heavy (non-hydrogen) atoms. The summed E-state index contributed by atoms with van der Waals surface area (Å²) in [6.07, 6.45) is 1.20. The van der Waals surface area contributed by atoms with Crippen LogP contribution < -0.4 is 5.32 Å². The largest absolute Gasteiger partial charge is 0.504 e. The number of nitrogens with zero attached hydrogens (tertiary/aromatic N) is 3. The molecule has 1 aliphatic heterocycles. The van der Waals surface area contributed by atoms with E-state index in [0.29, 0.717) is 17.4 Å². The van der Waals surface area contributed by atoms with Gasteiger partial charge < -0.3 is 15.5 Å². The van der Waals surface area contributed by atoms with E-state index >= 15 is 0 Å². The molecule has 2 amide bonds. The number of nitrogens with one attached hydrogen (secondary N) is 1. The Morgan fingerprint density at radius 3 is 2.69 bits per heavy atom. The number of thioether (sulfide) groups is 1. The van der Waals surface area contributed by atoms with Crippen LogP contribution in [0.3, 0.4) is 0 Å². The van der Waals surface area contributed by atoms with E-state index in [-0.39, 0.29) is 29.4 Å². The smallest absolute Gasteiger partial charge is 0.263 e. The van der Waals surface area contributed by atoms with Gasteiger partial charge in [0.1, 0.15) is 5.25 Å². The minimum atomic E-state index is -0.719. The van der Waals surface area contributed by atoms with E-state index in [1.807, 2.05) is 49.4 Å². The summed E-state index contributed by atoms with van der Waals surface area (Å²) in [7, 11) is 0. The molecular weight excluding hydrogens is 464 g/mol. The van der Waals surface area contributed by atoms with Crippen LogP contribution in [0.2, 0.25) is 0 Å². The van der Waals surface area contributed by atoms with Gasteiger partial charge in [-0.05, 0) is 30.5 Å². The second kappa shape index (κ2) is 10.4. The molecule has 0 radical (unpaired) electrons. The Morgan fingerprint density at radius 1 is 1.14 bits per heavy atom. The highest BCUT2D eigenvalue weighted by Crippen LogP contribution is 2.32. The van der Waals surface area contributed by atoms with Crippen molar-refractivity contribution >= 4 is 51.4 Å². The Hall–Kier alpha value is -4.11. The van der Waals surface area contributed by atoms with Crippen LogP contribution in [0.1, 0.15) is 18.9 Å². The van der Waals surface area contributed by atoms with E-state index in [2.05, 4.69) is 22.0 Å². The zero-order chi connectivity index (χ0) is 24.9. The monoisotopic (exact) mass is 488 g/mol. The molecule has 0 saturated carbocycles. The lowest BCUT2D eigenvalue weighted by Crippen LogP contribution is -2.30. The third kappa shape index (κ3) is 5.52. The van der Waals surface area contributed by atoms with Gasteiger partial charge in [-0.3, -0.25) is 14.6 Å². The summed E-state index contributed by atoms with van der Waals surface area (Å²) in [4.78, 5) is 30.4. The number of hydrogen-bond donors (Lipinski definition) is 3. The first-order valence-electron chi connectivity index (χ1n) is 10.9. The number of fused-ring (bicyclic) bond motifs is 1. The molecule has 1 heterocycles. The molecule has 0 spiro atoms. The van der Waals surface area contributed by atoms with Crippen molar-refractivity contribution < 1.29 is 19.8 Å². The molecule has 0 aromatic heterocycles. The summed E-state index contributed by atoms with van der Waals surface area (Å²) in [6.45, 7) is 5.95. The molecule has 1 saturated heterocycles. The van der Waals surface area contributed by atoms with Crippen molar-refractivity contribution in [3.63, 3.8) is 0 Å². The third-order valence-electron chi connectivity index (χ3n) is 5.19. The quantitative estimate of drug-likeness (QED) is 0.258. The van der Waals surface area contributed by atoms with Gasteiger partial charge >= 0.3 is 0 Å². The van der Waals surface area contributed by atoms with Crippen LogP contribution in [0.15, 0.2) is 82.9 Å². The molecule has 178 valence electrons. The topological polar surface area (TPSA) is 115 Å². The third-order valence-corrected chi connectivity index (χ3v) is 6.36. The Morgan fingerprint density at radius 2 is 1.89 bits per heavy atom. The first-order chi connectivity index (χ1) is 16.8. The summed E-state index contributed by atoms with van der Waals surface area (Å²) < 4.78 is 0. The Bertz CT molecular complexity index is 1360. The number of aromatic hydroxyl groups is 2. The molecule has 0 bridgehead atoms. The average molecular weight is 489 g/mol. The average Bonchev–Trinajstić information content (AvgIpc) is 3.13. The van der Waals surface area contributed by atoms with E-state index in [1.165, 1.54) is 12.3 Å². The van der Waals surface area contributed by atoms with Crippen molar-refractivity contribution in [1.82, 2.24) is 5.01 Å². The number of carbonyl (C=O) groups excluding carboxylic acids is 2. The van der Waals surface area contributed by atoms with Crippen LogP contribution in [-0.4, -0.2) is 50.2 Å². The van der Waals surface area contributed by atoms with Crippen molar-refractivity contribution in [1.29, 1.82) is 0 Å². The van der Waals surface area contributed by atoms with Crippen LogP contribution >= 0.6 is 11.8 Å². The van der Waals surface area contributed by atoms with Crippen LogP contribution in [0.25, 0.3) is 10.8 Å². The molecule has 8 nitrogen and oxygen atoms in total. The van der Waals surface area contributed by atoms with Gasteiger partial charge in [0.05, 0.1) is 12.8 Å². The fourth-order valence-electron chi connectivity index (χ4n) is 3.48. The van der Waals surface area contributed by atoms with Crippen LogP contribution in [-0.2, 0) is 9.59 Å². The molecule has 1 unspecified atom stereocenters. The summed E-state index contributed by atoms with van der Waals surface area (Å²) in [6, 6.07) is 17.8. The number of anilines is 1. The van der Waals surface area contributed by atoms with Crippen LogP contribution in [0, 0.1) is 0 Å². The number of phenols is 2. The molecule has 3 N–H and O–H groups in total. The fourth-order valence-corrected chi connectivity index (χ4v) is 4.54. The van der Waals surface area contributed by atoms with E-state index < -0.39 is 11.2 Å². The lowest BCUT2D eigenvalue weighted by atomic mass is 10.1. The molecule has 3 aromatic carbocycles. The van der Waals surface area contributed by atoms with Crippen molar-refractivity contribution in [2.45, 2.75) is 18.6 Å². The highest BCUT2D eigenvalue weighted by Gasteiger charge is 2.39. The number of amidine groups is 1. The SMILES string of the molecule is C=C(C)CN=C1SC(CC(=O)Nc2cccc3ccccc23)C(=O)N1N=Cc1cccc(O)c1O. The Labute approximate surface area is 206 Å². The van der Waals surface area contributed by atoms with E-state index in [4.69, 9.17) is 0 Å². The Kier molecular flexibility index (Phi) is 7.17. The number of carbonyl (C=O) groups is 2. The molecule has 9 heteroatoms. The number of benzene rings is 3. The maximum absolute atomic E-state index is 13.1. The number of rotatable bonds is 7. The molecule has 4 rings (SSSR count). The zero-order valence-corrected chi connectivity index (χ0v) is 19.8.